The molecule has 1 saturated carbocycles. The Labute approximate surface area is 105 Å². The van der Waals surface area contributed by atoms with Crippen LogP contribution in [0.1, 0.15) is 51.2 Å². The van der Waals surface area contributed by atoms with E-state index in [2.05, 4.69) is 52.0 Å². The van der Waals surface area contributed by atoms with Crippen LogP contribution in [0.4, 0.5) is 0 Å². The first-order valence-electron chi connectivity index (χ1n) is 6.64. The third kappa shape index (κ3) is 2.71. The van der Waals surface area contributed by atoms with Crippen molar-refractivity contribution >= 4 is 0 Å². The lowest BCUT2D eigenvalue weighted by Gasteiger charge is -2.46. The number of rotatable bonds is 1. The van der Waals surface area contributed by atoms with Crippen LogP contribution >= 0.6 is 0 Å². The summed E-state index contributed by atoms with van der Waals surface area (Å²) in [7, 11) is 0. The molecule has 0 aliphatic heterocycles. The Bertz CT molecular complexity index is 408. The molecule has 0 bridgehead atoms. The lowest BCUT2D eigenvalue weighted by atomic mass is 9.60. The summed E-state index contributed by atoms with van der Waals surface area (Å²) in [5.41, 5.74) is 9.67. The van der Waals surface area contributed by atoms with E-state index in [1.165, 1.54) is 17.5 Å². The molecule has 2 unspecified atom stereocenters. The maximum absolute atomic E-state index is 6.26. The molecule has 0 amide bonds. The van der Waals surface area contributed by atoms with Gasteiger partial charge in [0, 0.05) is 6.04 Å². The third-order valence-corrected chi connectivity index (χ3v) is 4.11. The second-order valence-corrected chi connectivity index (χ2v) is 6.94. The van der Waals surface area contributed by atoms with Crippen LogP contribution in [-0.2, 0) is 5.41 Å². The summed E-state index contributed by atoms with van der Waals surface area (Å²) in [6.07, 6.45) is 3.49. The molecule has 0 heterocycles. The summed E-state index contributed by atoms with van der Waals surface area (Å²) in [4.78, 5) is 0. The van der Waals surface area contributed by atoms with Gasteiger partial charge in [-0.25, -0.2) is 0 Å². The molecular formula is C16H25N. The zero-order valence-electron chi connectivity index (χ0n) is 11.6. The Balaban J connectivity index is 2.35. The van der Waals surface area contributed by atoms with Crippen molar-refractivity contribution in [1.82, 2.24) is 0 Å². The van der Waals surface area contributed by atoms with E-state index in [0.29, 0.717) is 11.5 Å². The molecular weight excluding hydrogens is 206 g/mol. The highest BCUT2D eigenvalue weighted by Crippen LogP contribution is 2.47. The van der Waals surface area contributed by atoms with Gasteiger partial charge in [0.15, 0.2) is 0 Å². The highest BCUT2D eigenvalue weighted by molar-refractivity contribution is 5.30. The fourth-order valence-electron chi connectivity index (χ4n) is 3.80. The maximum atomic E-state index is 6.26. The maximum Gasteiger partial charge on any atom is 0.00523 e. The van der Waals surface area contributed by atoms with E-state index in [9.17, 15) is 0 Å². The molecule has 0 aromatic heterocycles. The quantitative estimate of drug-likeness (QED) is 0.782. The molecule has 2 rings (SSSR count). The van der Waals surface area contributed by atoms with E-state index < -0.39 is 0 Å². The fraction of sp³-hybridized carbons (Fsp3) is 0.625. The topological polar surface area (TPSA) is 26.0 Å². The molecule has 2 atom stereocenters. The van der Waals surface area contributed by atoms with E-state index in [0.717, 1.165) is 12.8 Å². The van der Waals surface area contributed by atoms with E-state index in [1.807, 2.05) is 0 Å². The molecule has 1 aliphatic carbocycles. The van der Waals surface area contributed by atoms with Crippen molar-refractivity contribution in [2.75, 3.05) is 0 Å². The van der Waals surface area contributed by atoms with Crippen molar-refractivity contribution in [2.24, 2.45) is 11.1 Å². The molecule has 1 fully saturated rings. The van der Waals surface area contributed by atoms with Gasteiger partial charge in [0.25, 0.3) is 0 Å². The summed E-state index contributed by atoms with van der Waals surface area (Å²) < 4.78 is 0. The lowest BCUT2D eigenvalue weighted by molar-refractivity contribution is 0.140. The SMILES string of the molecule is Cc1cccc(C2(C)CC(N)CC(C)(C)C2)c1. The largest absolute Gasteiger partial charge is 0.328 e. The van der Waals surface area contributed by atoms with Crippen LogP contribution in [0.3, 0.4) is 0 Å². The Hall–Kier alpha value is -0.820. The normalized spacial score (nSPS) is 32.4. The fourth-order valence-corrected chi connectivity index (χ4v) is 3.80. The van der Waals surface area contributed by atoms with Crippen molar-refractivity contribution in [3.63, 3.8) is 0 Å². The van der Waals surface area contributed by atoms with Crippen LogP contribution in [0.15, 0.2) is 24.3 Å². The van der Waals surface area contributed by atoms with Gasteiger partial charge in [0.2, 0.25) is 0 Å². The Morgan fingerprint density at radius 3 is 2.47 bits per heavy atom. The van der Waals surface area contributed by atoms with E-state index >= 15 is 0 Å². The Morgan fingerprint density at radius 2 is 1.88 bits per heavy atom. The van der Waals surface area contributed by atoms with Crippen LogP contribution < -0.4 is 5.73 Å². The Morgan fingerprint density at radius 1 is 1.18 bits per heavy atom. The molecule has 94 valence electrons. The third-order valence-electron chi connectivity index (χ3n) is 4.11. The summed E-state index contributed by atoms with van der Waals surface area (Å²) in [6.45, 7) is 9.24. The molecule has 0 radical (unpaired) electrons. The standard InChI is InChI=1S/C16H25N/c1-12-6-5-7-13(8-12)16(4)10-14(17)9-15(2,3)11-16/h5-8,14H,9-11,17H2,1-4H3. The minimum atomic E-state index is 0.243. The van der Waals surface area contributed by atoms with Crippen molar-refractivity contribution in [3.05, 3.63) is 35.4 Å². The van der Waals surface area contributed by atoms with Gasteiger partial charge in [-0.05, 0) is 42.6 Å². The summed E-state index contributed by atoms with van der Waals surface area (Å²) in [5.74, 6) is 0. The summed E-state index contributed by atoms with van der Waals surface area (Å²) in [6, 6.07) is 9.27. The number of benzene rings is 1. The van der Waals surface area contributed by atoms with Gasteiger partial charge < -0.3 is 5.73 Å². The van der Waals surface area contributed by atoms with Crippen LogP contribution in [0, 0.1) is 12.3 Å². The number of nitrogens with two attached hydrogens (primary N) is 1. The van der Waals surface area contributed by atoms with Crippen LogP contribution in [0.2, 0.25) is 0 Å². The van der Waals surface area contributed by atoms with Crippen molar-refractivity contribution in [3.8, 4) is 0 Å². The molecule has 0 spiro atoms. The van der Waals surface area contributed by atoms with Gasteiger partial charge in [-0.2, -0.15) is 0 Å². The van der Waals surface area contributed by atoms with E-state index in [4.69, 9.17) is 5.73 Å². The first kappa shape index (κ1) is 12.6. The first-order valence-corrected chi connectivity index (χ1v) is 6.64. The minimum absolute atomic E-state index is 0.243. The van der Waals surface area contributed by atoms with Gasteiger partial charge in [-0.15, -0.1) is 0 Å². The van der Waals surface area contributed by atoms with Gasteiger partial charge in [-0.3, -0.25) is 0 Å². The smallest absolute Gasteiger partial charge is 0.00523 e. The lowest BCUT2D eigenvalue weighted by Crippen LogP contribution is -2.44. The highest BCUT2D eigenvalue weighted by atomic mass is 14.7. The molecule has 1 aromatic rings. The van der Waals surface area contributed by atoms with Crippen molar-refractivity contribution < 1.29 is 0 Å². The first-order chi connectivity index (χ1) is 7.81. The number of hydrogen-bond donors (Lipinski definition) is 1. The number of aryl methyl sites for hydroxylation is 1. The number of hydrogen-bond acceptors (Lipinski definition) is 1. The van der Waals surface area contributed by atoms with Gasteiger partial charge in [0.05, 0.1) is 0 Å². The van der Waals surface area contributed by atoms with Crippen LogP contribution in [0.25, 0.3) is 0 Å². The van der Waals surface area contributed by atoms with Crippen LogP contribution in [-0.4, -0.2) is 6.04 Å². The Kier molecular flexibility index (Phi) is 3.07. The average molecular weight is 231 g/mol. The van der Waals surface area contributed by atoms with E-state index in [1.54, 1.807) is 0 Å². The molecule has 0 saturated heterocycles. The van der Waals surface area contributed by atoms with Crippen molar-refractivity contribution in [1.29, 1.82) is 0 Å². The van der Waals surface area contributed by atoms with Gasteiger partial charge in [-0.1, -0.05) is 50.6 Å². The molecule has 1 aliphatic rings. The highest BCUT2D eigenvalue weighted by Gasteiger charge is 2.40. The molecule has 1 heteroatoms. The average Bonchev–Trinajstić information content (AvgIpc) is 2.13. The van der Waals surface area contributed by atoms with Gasteiger partial charge >= 0.3 is 0 Å². The summed E-state index contributed by atoms with van der Waals surface area (Å²) in [5, 5.41) is 0. The minimum Gasteiger partial charge on any atom is -0.328 e. The second-order valence-electron chi connectivity index (χ2n) is 6.94. The molecule has 2 N–H and O–H groups in total. The van der Waals surface area contributed by atoms with Crippen LogP contribution in [0.5, 0.6) is 0 Å². The molecule has 1 nitrogen and oxygen atoms in total. The zero-order chi connectivity index (χ0) is 12.7. The molecule has 17 heavy (non-hydrogen) atoms. The molecule has 1 aromatic carbocycles. The second kappa shape index (κ2) is 4.13. The predicted molar refractivity (Wildman–Crippen MR) is 74.1 cm³/mol. The van der Waals surface area contributed by atoms with Gasteiger partial charge in [0.1, 0.15) is 0 Å². The predicted octanol–water partition coefficient (Wildman–Crippen LogP) is 3.79. The van der Waals surface area contributed by atoms with Crippen molar-refractivity contribution in [2.45, 2.75) is 58.4 Å². The zero-order valence-corrected chi connectivity index (χ0v) is 11.6. The monoisotopic (exact) mass is 231 g/mol. The summed E-state index contributed by atoms with van der Waals surface area (Å²) >= 11 is 0. The van der Waals surface area contributed by atoms with E-state index in [-0.39, 0.29) is 5.41 Å².